The van der Waals surface area contributed by atoms with Gasteiger partial charge in [0.1, 0.15) is 5.82 Å². The van der Waals surface area contributed by atoms with Gasteiger partial charge in [-0.1, -0.05) is 30.3 Å². The standard InChI is InChI=1S/C18H25N5O3S/c1-21(27(2,25)26)14-18(24)20-17-8-10-19-23(17)16-9-11-22(13-16)12-15-6-4-3-5-7-15/h3-8,10,16H,9,11-14H2,1-2H3,(H,20,24)/t16-/m1/s1. The Hall–Kier alpha value is -2.23. The third-order valence-corrected chi connectivity index (χ3v) is 5.97. The fourth-order valence-corrected chi connectivity index (χ4v) is 3.55. The van der Waals surface area contributed by atoms with E-state index in [4.69, 9.17) is 0 Å². The van der Waals surface area contributed by atoms with Gasteiger partial charge >= 0.3 is 0 Å². The van der Waals surface area contributed by atoms with E-state index in [1.165, 1.54) is 12.6 Å². The number of carbonyl (C=O) groups excluding carboxylic acids is 1. The zero-order chi connectivity index (χ0) is 19.4. The average molecular weight is 391 g/mol. The Morgan fingerprint density at radius 2 is 2.04 bits per heavy atom. The van der Waals surface area contributed by atoms with Gasteiger partial charge < -0.3 is 5.32 Å². The molecule has 27 heavy (non-hydrogen) atoms. The summed E-state index contributed by atoms with van der Waals surface area (Å²) in [6.45, 7) is 2.47. The minimum absolute atomic E-state index is 0.173. The molecule has 1 aromatic carbocycles. The third-order valence-electron chi connectivity index (χ3n) is 4.71. The van der Waals surface area contributed by atoms with Gasteiger partial charge in [-0.05, 0) is 12.0 Å². The number of nitrogens with one attached hydrogen (secondary N) is 1. The van der Waals surface area contributed by atoms with Gasteiger partial charge in [0.05, 0.1) is 25.0 Å². The van der Waals surface area contributed by atoms with E-state index in [0.717, 1.165) is 36.6 Å². The molecule has 1 fully saturated rings. The Bertz CT molecular complexity index is 881. The zero-order valence-electron chi connectivity index (χ0n) is 15.6. The Labute approximate surface area is 159 Å². The van der Waals surface area contributed by atoms with Crippen molar-refractivity contribution in [2.45, 2.75) is 19.0 Å². The highest BCUT2D eigenvalue weighted by Gasteiger charge is 2.26. The number of likely N-dealkylation sites (N-methyl/N-ethyl adjacent to an activating group) is 1. The summed E-state index contributed by atoms with van der Waals surface area (Å²) in [7, 11) is -2.02. The number of anilines is 1. The number of hydrogen-bond acceptors (Lipinski definition) is 5. The fraction of sp³-hybridized carbons (Fsp3) is 0.444. The lowest BCUT2D eigenvalue weighted by molar-refractivity contribution is -0.116. The van der Waals surface area contributed by atoms with Gasteiger partial charge in [-0.25, -0.2) is 13.1 Å². The first-order valence-corrected chi connectivity index (χ1v) is 10.7. The minimum atomic E-state index is -3.40. The van der Waals surface area contributed by atoms with Gasteiger partial charge in [0.15, 0.2) is 0 Å². The van der Waals surface area contributed by atoms with Gasteiger partial charge in [0.25, 0.3) is 0 Å². The molecule has 0 saturated carbocycles. The molecule has 0 aliphatic carbocycles. The fourth-order valence-electron chi connectivity index (χ4n) is 3.20. The monoisotopic (exact) mass is 391 g/mol. The van der Waals surface area contributed by atoms with Crippen LogP contribution in [0, 0.1) is 0 Å². The number of likely N-dealkylation sites (tertiary alicyclic amines) is 1. The SMILES string of the molecule is CN(CC(=O)Nc1ccnn1[C@@H]1CCN(Cc2ccccc2)C1)S(C)(=O)=O. The van der Waals surface area contributed by atoms with Crippen LogP contribution in [0.4, 0.5) is 5.82 Å². The number of aromatic nitrogens is 2. The van der Waals surface area contributed by atoms with Crippen molar-refractivity contribution < 1.29 is 13.2 Å². The van der Waals surface area contributed by atoms with E-state index in [0.29, 0.717) is 5.82 Å². The number of hydrogen-bond donors (Lipinski definition) is 1. The van der Waals surface area contributed by atoms with E-state index in [-0.39, 0.29) is 18.5 Å². The van der Waals surface area contributed by atoms with Crippen LogP contribution < -0.4 is 5.32 Å². The van der Waals surface area contributed by atoms with E-state index >= 15 is 0 Å². The summed E-state index contributed by atoms with van der Waals surface area (Å²) < 4.78 is 25.7. The van der Waals surface area contributed by atoms with E-state index in [1.54, 1.807) is 12.3 Å². The molecule has 1 atom stereocenters. The molecule has 0 bridgehead atoms. The van der Waals surface area contributed by atoms with Gasteiger partial charge in [-0.3, -0.25) is 9.69 Å². The highest BCUT2D eigenvalue weighted by atomic mass is 32.2. The Morgan fingerprint density at radius 3 is 2.74 bits per heavy atom. The molecule has 1 amide bonds. The van der Waals surface area contributed by atoms with Crippen molar-refractivity contribution in [3.05, 3.63) is 48.2 Å². The second-order valence-electron chi connectivity index (χ2n) is 6.89. The summed E-state index contributed by atoms with van der Waals surface area (Å²) in [6, 6.07) is 12.2. The summed E-state index contributed by atoms with van der Waals surface area (Å²) in [4.78, 5) is 14.5. The number of carbonyl (C=O) groups is 1. The number of amides is 1. The lowest BCUT2D eigenvalue weighted by Gasteiger charge is -2.18. The predicted molar refractivity (Wildman–Crippen MR) is 104 cm³/mol. The predicted octanol–water partition coefficient (Wildman–Crippen LogP) is 1.16. The van der Waals surface area contributed by atoms with Crippen LogP contribution in [0.25, 0.3) is 0 Å². The maximum Gasteiger partial charge on any atom is 0.240 e. The molecule has 1 aromatic heterocycles. The molecular weight excluding hydrogens is 366 g/mol. The minimum Gasteiger partial charge on any atom is -0.310 e. The first-order valence-electron chi connectivity index (χ1n) is 8.84. The second-order valence-corrected chi connectivity index (χ2v) is 8.98. The van der Waals surface area contributed by atoms with E-state index < -0.39 is 10.0 Å². The summed E-state index contributed by atoms with van der Waals surface area (Å²) in [5.41, 5.74) is 1.27. The highest BCUT2D eigenvalue weighted by Crippen LogP contribution is 2.25. The van der Waals surface area contributed by atoms with Crippen LogP contribution in [0.2, 0.25) is 0 Å². The quantitative estimate of drug-likeness (QED) is 0.765. The van der Waals surface area contributed by atoms with Gasteiger partial charge in [0, 0.05) is 32.7 Å². The molecule has 2 heterocycles. The van der Waals surface area contributed by atoms with Crippen LogP contribution in [0.5, 0.6) is 0 Å². The summed E-state index contributed by atoms with van der Waals surface area (Å²) >= 11 is 0. The molecule has 2 aromatic rings. The molecular formula is C18H25N5O3S. The van der Waals surface area contributed by atoms with Crippen LogP contribution in [0.1, 0.15) is 18.0 Å². The van der Waals surface area contributed by atoms with E-state index in [2.05, 4.69) is 27.4 Å². The molecule has 3 rings (SSSR count). The van der Waals surface area contributed by atoms with E-state index in [1.807, 2.05) is 22.9 Å². The van der Waals surface area contributed by atoms with Gasteiger partial charge in [-0.2, -0.15) is 9.40 Å². The Kier molecular flexibility index (Phi) is 5.93. The van der Waals surface area contributed by atoms with Crippen LogP contribution in [0.3, 0.4) is 0 Å². The van der Waals surface area contributed by atoms with Crippen molar-refractivity contribution in [3.8, 4) is 0 Å². The first-order chi connectivity index (χ1) is 12.8. The van der Waals surface area contributed by atoms with Crippen molar-refractivity contribution in [2.75, 3.05) is 38.3 Å². The maximum absolute atomic E-state index is 12.2. The molecule has 1 N–H and O–H groups in total. The molecule has 0 unspecified atom stereocenters. The number of nitrogens with zero attached hydrogens (tertiary/aromatic N) is 4. The summed E-state index contributed by atoms with van der Waals surface area (Å²) in [5, 5.41) is 7.14. The van der Waals surface area contributed by atoms with Crippen molar-refractivity contribution in [1.29, 1.82) is 0 Å². The van der Waals surface area contributed by atoms with Crippen molar-refractivity contribution >= 4 is 21.7 Å². The number of rotatable bonds is 7. The summed E-state index contributed by atoms with van der Waals surface area (Å²) in [5.74, 6) is 0.206. The Balaban J connectivity index is 1.59. The summed E-state index contributed by atoms with van der Waals surface area (Å²) in [6.07, 6.45) is 3.67. The molecule has 1 saturated heterocycles. The third kappa shape index (κ3) is 5.15. The van der Waals surface area contributed by atoms with Gasteiger partial charge in [0.2, 0.25) is 15.9 Å². The topological polar surface area (TPSA) is 87.5 Å². The molecule has 1 aliphatic heterocycles. The first kappa shape index (κ1) is 19.5. The van der Waals surface area contributed by atoms with Gasteiger partial charge in [-0.15, -0.1) is 0 Å². The second kappa shape index (κ2) is 8.20. The molecule has 8 nitrogen and oxygen atoms in total. The molecule has 146 valence electrons. The Morgan fingerprint density at radius 1 is 1.30 bits per heavy atom. The lowest BCUT2D eigenvalue weighted by atomic mass is 10.2. The normalized spacial score (nSPS) is 18.1. The molecule has 9 heteroatoms. The average Bonchev–Trinajstić information content (AvgIpc) is 3.24. The highest BCUT2D eigenvalue weighted by molar-refractivity contribution is 7.88. The van der Waals surface area contributed by atoms with E-state index in [9.17, 15) is 13.2 Å². The van der Waals surface area contributed by atoms with Crippen LogP contribution in [0.15, 0.2) is 42.6 Å². The smallest absolute Gasteiger partial charge is 0.240 e. The molecule has 1 aliphatic rings. The largest absolute Gasteiger partial charge is 0.310 e. The molecule has 0 radical (unpaired) electrons. The van der Waals surface area contributed by atoms with Crippen molar-refractivity contribution in [1.82, 2.24) is 19.0 Å². The number of sulfonamides is 1. The van der Waals surface area contributed by atoms with Crippen LogP contribution in [-0.4, -0.2) is 66.2 Å². The maximum atomic E-state index is 12.2. The van der Waals surface area contributed by atoms with Crippen LogP contribution >= 0.6 is 0 Å². The molecule has 0 spiro atoms. The van der Waals surface area contributed by atoms with Crippen LogP contribution in [-0.2, 0) is 21.4 Å². The lowest BCUT2D eigenvalue weighted by Crippen LogP contribution is -2.34. The zero-order valence-corrected chi connectivity index (χ0v) is 16.4. The van der Waals surface area contributed by atoms with Crippen molar-refractivity contribution in [3.63, 3.8) is 0 Å². The van der Waals surface area contributed by atoms with Crippen molar-refractivity contribution in [2.24, 2.45) is 0 Å². The number of benzene rings is 1.